The second-order valence-electron chi connectivity index (χ2n) is 6.02. The zero-order valence-electron chi connectivity index (χ0n) is 13.3. The number of rotatable bonds is 7. The van der Waals surface area contributed by atoms with Crippen LogP contribution in [0.3, 0.4) is 0 Å². The average Bonchev–Trinajstić information content (AvgIpc) is 2.37. The first-order valence-electron chi connectivity index (χ1n) is 7.12. The predicted molar refractivity (Wildman–Crippen MR) is 91.2 cm³/mol. The molecule has 1 aromatic carbocycles. The lowest BCUT2D eigenvalue weighted by atomic mass is 10.0. The number of nitrogens with one attached hydrogen (secondary N) is 1. The van der Waals surface area contributed by atoms with Crippen LogP contribution in [0.15, 0.2) is 24.3 Å². The molecular formula is C16H25N3OS. The molecule has 0 atom stereocenters. The fourth-order valence-corrected chi connectivity index (χ4v) is 2.07. The van der Waals surface area contributed by atoms with Crippen molar-refractivity contribution in [1.82, 2.24) is 10.2 Å². The van der Waals surface area contributed by atoms with E-state index in [0.29, 0.717) is 18.1 Å². The highest BCUT2D eigenvalue weighted by Gasteiger charge is 2.18. The van der Waals surface area contributed by atoms with E-state index in [2.05, 4.69) is 12.2 Å². The van der Waals surface area contributed by atoms with Crippen molar-refractivity contribution in [2.24, 2.45) is 5.73 Å². The number of carbonyl (C=O) groups excluding carboxylic acids is 1. The standard InChI is InChI=1S/C16H25N3OS/c1-5-16(2,3)18-14(20)11-19(4)10-12-7-6-8-13(9-12)15(17)21/h6-9H,5,10-11H2,1-4H3,(H2,17,21)(H,18,20). The maximum Gasteiger partial charge on any atom is 0.234 e. The number of nitrogens with zero attached hydrogens (tertiary/aromatic N) is 1. The quantitative estimate of drug-likeness (QED) is 0.757. The van der Waals surface area contributed by atoms with Gasteiger partial charge in [-0.2, -0.15) is 0 Å². The third-order valence-corrected chi connectivity index (χ3v) is 3.67. The molecule has 0 saturated carbocycles. The Bertz CT molecular complexity index is 514. The molecule has 0 aliphatic rings. The van der Waals surface area contributed by atoms with Crippen molar-refractivity contribution in [3.63, 3.8) is 0 Å². The van der Waals surface area contributed by atoms with Crippen molar-refractivity contribution >= 4 is 23.1 Å². The van der Waals surface area contributed by atoms with Crippen molar-refractivity contribution in [3.8, 4) is 0 Å². The first-order chi connectivity index (χ1) is 9.73. The van der Waals surface area contributed by atoms with Crippen LogP contribution in [0.4, 0.5) is 0 Å². The van der Waals surface area contributed by atoms with Crippen LogP contribution in [0.2, 0.25) is 0 Å². The summed E-state index contributed by atoms with van der Waals surface area (Å²) in [5, 5.41) is 3.03. The molecule has 0 fully saturated rings. The van der Waals surface area contributed by atoms with Gasteiger partial charge in [-0.15, -0.1) is 0 Å². The largest absolute Gasteiger partial charge is 0.389 e. The molecule has 4 nitrogen and oxygen atoms in total. The van der Waals surface area contributed by atoms with E-state index in [4.69, 9.17) is 18.0 Å². The van der Waals surface area contributed by atoms with Crippen LogP contribution in [-0.4, -0.2) is 34.9 Å². The van der Waals surface area contributed by atoms with Gasteiger partial charge in [-0.3, -0.25) is 9.69 Å². The summed E-state index contributed by atoms with van der Waals surface area (Å²) in [6, 6.07) is 7.79. The first-order valence-corrected chi connectivity index (χ1v) is 7.52. The number of hydrogen-bond donors (Lipinski definition) is 2. The number of thiocarbonyl (C=S) groups is 1. The summed E-state index contributed by atoms with van der Waals surface area (Å²) in [5.74, 6) is 0.0369. The van der Waals surface area contributed by atoms with Crippen molar-refractivity contribution in [2.75, 3.05) is 13.6 Å². The molecule has 116 valence electrons. The lowest BCUT2D eigenvalue weighted by molar-refractivity contribution is -0.123. The zero-order valence-corrected chi connectivity index (χ0v) is 14.1. The van der Waals surface area contributed by atoms with Gasteiger partial charge in [0.25, 0.3) is 0 Å². The van der Waals surface area contributed by atoms with Crippen LogP contribution in [0.25, 0.3) is 0 Å². The van der Waals surface area contributed by atoms with Crippen LogP contribution in [-0.2, 0) is 11.3 Å². The maximum absolute atomic E-state index is 12.0. The van der Waals surface area contributed by atoms with Crippen molar-refractivity contribution in [3.05, 3.63) is 35.4 Å². The van der Waals surface area contributed by atoms with E-state index in [-0.39, 0.29) is 11.4 Å². The monoisotopic (exact) mass is 307 g/mol. The number of benzene rings is 1. The second kappa shape index (κ2) is 7.52. The van der Waals surface area contributed by atoms with Crippen molar-refractivity contribution < 1.29 is 4.79 Å². The smallest absolute Gasteiger partial charge is 0.234 e. The van der Waals surface area contributed by atoms with E-state index in [1.165, 1.54) is 0 Å². The van der Waals surface area contributed by atoms with Gasteiger partial charge in [0, 0.05) is 17.6 Å². The highest BCUT2D eigenvalue weighted by Crippen LogP contribution is 2.09. The number of amides is 1. The van der Waals surface area contributed by atoms with Gasteiger partial charge in [-0.05, 0) is 38.9 Å². The van der Waals surface area contributed by atoms with Crippen LogP contribution in [0.5, 0.6) is 0 Å². The zero-order chi connectivity index (χ0) is 16.0. The summed E-state index contributed by atoms with van der Waals surface area (Å²) in [7, 11) is 1.92. The molecular weight excluding hydrogens is 282 g/mol. The van der Waals surface area contributed by atoms with Crippen molar-refractivity contribution in [1.29, 1.82) is 0 Å². The third-order valence-electron chi connectivity index (χ3n) is 3.44. The van der Waals surface area contributed by atoms with Gasteiger partial charge < -0.3 is 11.1 Å². The van der Waals surface area contributed by atoms with Gasteiger partial charge in [0.1, 0.15) is 4.99 Å². The summed E-state index contributed by atoms with van der Waals surface area (Å²) in [6.07, 6.45) is 0.901. The second-order valence-corrected chi connectivity index (χ2v) is 6.46. The summed E-state index contributed by atoms with van der Waals surface area (Å²) in [4.78, 5) is 14.4. The minimum absolute atomic E-state index is 0.0369. The molecule has 0 unspecified atom stereocenters. The molecule has 1 aromatic rings. The molecule has 0 saturated heterocycles. The van der Waals surface area contributed by atoms with Gasteiger partial charge in [0.15, 0.2) is 0 Å². The lowest BCUT2D eigenvalue weighted by Crippen LogP contribution is -2.46. The molecule has 0 aliphatic carbocycles. The highest BCUT2D eigenvalue weighted by atomic mass is 32.1. The molecule has 0 aromatic heterocycles. The molecule has 0 aliphatic heterocycles. The number of likely N-dealkylation sites (N-methyl/N-ethyl adjacent to an activating group) is 1. The molecule has 1 amide bonds. The van der Waals surface area contributed by atoms with Crippen molar-refractivity contribution in [2.45, 2.75) is 39.3 Å². The normalized spacial score (nSPS) is 11.5. The molecule has 21 heavy (non-hydrogen) atoms. The van der Waals surface area contributed by atoms with Gasteiger partial charge in [0.05, 0.1) is 6.54 Å². The number of carbonyl (C=O) groups is 1. The molecule has 1 rings (SSSR count). The Hall–Kier alpha value is -1.46. The van der Waals surface area contributed by atoms with Gasteiger partial charge in [-0.25, -0.2) is 0 Å². The summed E-state index contributed by atoms with van der Waals surface area (Å²) in [6.45, 7) is 7.15. The molecule has 3 N–H and O–H groups in total. The Balaban J connectivity index is 2.57. The minimum atomic E-state index is -0.163. The Kier molecular flexibility index (Phi) is 6.30. The van der Waals surface area contributed by atoms with E-state index in [9.17, 15) is 4.79 Å². The van der Waals surface area contributed by atoms with Gasteiger partial charge in [-0.1, -0.05) is 37.3 Å². The molecule has 0 radical (unpaired) electrons. The van der Waals surface area contributed by atoms with E-state index in [1.54, 1.807) is 0 Å². The first kappa shape index (κ1) is 17.6. The van der Waals surface area contributed by atoms with Crippen LogP contribution >= 0.6 is 12.2 Å². The fourth-order valence-electron chi connectivity index (χ4n) is 1.94. The number of hydrogen-bond acceptors (Lipinski definition) is 3. The van der Waals surface area contributed by atoms with Gasteiger partial charge >= 0.3 is 0 Å². The Morgan fingerprint density at radius 2 is 2.10 bits per heavy atom. The summed E-state index contributed by atoms with van der Waals surface area (Å²) < 4.78 is 0. The van der Waals surface area contributed by atoms with E-state index >= 15 is 0 Å². The highest BCUT2D eigenvalue weighted by molar-refractivity contribution is 7.80. The van der Waals surface area contributed by atoms with E-state index in [0.717, 1.165) is 17.5 Å². The maximum atomic E-state index is 12.0. The molecule has 0 bridgehead atoms. The Morgan fingerprint density at radius 3 is 2.67 bits per heavy atom. The SMILES string of the molecule is CCC(C)(C)NC(=O)CN(C)Cc1cccc(C(N)=S)c1. The fraction of sp³-hybridized carbons (Fsp3) is 0.500. The minimum Gasteiger partial charge on any atom is -0.389 e. The van der Waals surface area contributed by atoms with Crippen LogP contribution in [0.1, 0.15) is 38.3 Å². The predicted octanol–water partition coefficient (Wildman–Crippen LogP) is 2.06. The topological polar surface area (TPSA) is 58.4 Å². The Morgan fingerprint density at radius 1 is 1.43 bits per heavy atom. The van der Waals surface area contributed by atoms with E-state index in [1.807, 2.05) is 50.1 Å². The Labute approximate surface area is 132 Å². The van der Waals surface area contributed by atoms with Gasteiger partial charge in [0.2, 0.25) is 5.91 Å². The van der Waals surface area contributed by atoms with Crippen LogP contribution in [0, 0.1) is 0 Å². The molecule has 0 heterocycles. The third kappa shape index (κ3) is 6.23. The number of nitrogens with two attached hydrogens (primary N) is 1. The van der Waals surface area contributed by atoms with E-state index < -0.39 is 0 Å². The molecule has 5 heteroatoms. The average molecular weight is 307 g/mol. The summed E-state index contributed by atoms with van der Waals surface area (Å²) >= 11 is 4.98. The van der Waals surface area contributed by atoms with Crippen LogP contribution < -0.4 is 11.1 Å². The summed E-state index contributed by atoms with van der Waals surface area (Å²) in [5.41, 5.74) is 7.41. The lowest BCUT2D eigenvalue weighted by Gasteiger charge is -2.26. The molecule has 0 spiro atoms.